The molecule has 1 aromatic rings. The minimum Gasteiger partial charge on any atom is -0.299 e. The molecule has 1 saturated carbocycles. The van der Waals surface area contributed by atoms with Gasteiger partial charge in [-0.05, 0) is 26.7 Å². The number of Topliss-reactive ketones (excluding diaryl/α,β-unsaturated/α-hetero) is 1. The number of aryl methyl sites for hydroxylation is 1. The zero-order valence-electron chi connectivity index (χ0n) is 10.5. The molecule has 0 radical (unpaired) electrons. The van der Waals surface area contributed by atoms with Crippen LogP contribution in [0, 0.1) is 6.92 Å². The van der Waals surface area contributed by atoms with E-state index in [1.165, 1.54) is 6.92 Å². The van der Waals surface area contributed by atoms with E-state index in [0.717, 1.165) is 0 Å². The van der Waals surface area contributed by atoms with Crippen molar-refractivity contribution >= 4 is 5.78 Å². The van der Waals surface area contributed by atoms with Gasteiger partial charge in [0.25, 0.3) is 0 Å². The maximum atomic E-state index is 13.2. The van der Waals surface area contributed by atoms with Crippen molar-refractivity contribution in [2.24, 2.45) is 0 Å². The Morgan fingerprint density at radius 2 is 1.67 bits per heavy atom. The molecule has 1 fully saturated rings. The number of hydrogen-bond donors (Lipinski definition) is 0. The maximum Gasteiger partial charge on any atom is 0.248 e. The first kappa shape index (κ1) is 13.1. The summed E-state index contributed by atoms with van der Waals surface area (Å²) in [4.78, 5) is 20.1. The van der Waals surface area contributed by atoms with E-state index in [9.17, 15) is 13.6 Å². The van der Waals surface area contributed by atoms with E-state index in [1.54, 1.807) is 19.3 Å². The maximum absolute atomic E-state index is 13.2. The summed E-state index contributed by atoms with van der Waals surface area (Å²) in [5.74, 6) is -2.12. The predicted molar refractivity (Wildman–Crippen MR) is 62.5 cm³/mol. The van der Waals surface area contributed by atoms with E-state index >= 15 is 0 Å². The van der Waals surface area contributed by atoms with E-state index in [2.05, 4.69) is 9.97 Å². The van der Waals surface area contributed by atoms with Gasteiger partial charge in [-0.15, -0.1) is 0 Å². The van der Waals surface area contributed by atoms with E-state index in [4.69, 9.17) is 0 Å². The van der Waals surface area contributed by atoms with Gasteiger partial charge in [-0.1, -0.05) is 0 Å². The minimum absolute atomic E-state index is 0.0783. The first-order valence-electron chi connectivity index (χ1n) is 6.04. The van der Waals surface area contributed by atoms with Gasteiger partial charge in [-0.3, -0.25) is 4.79 Å². The lowest BCUT2D eigenvalue weighted by atomic mass is 9.67. The van der Waals surface area contributed by atoms with Gasteiger partial charge in [0, 0.05) is 30.8 Å². The van der Waals surface area contributed by atoms with Crippen molar-refractivity contribution in [3.05, 3.63) is 23.8 Å². The van der Waals surface area contributed by atoms with E-state index < -0.39 is 11.3 Å². The van der Waals surface area contributed by atoms with E-state index in [-0.39, 0.29) is 31.5 Å². The van der Waals surface area contributed by atoms with Crippen LogP contribution in [0.4, 0.5) is 8.78 Å². The minimum atomic E-state index is -2.65. The van der Waals surface area contributed by atoms with E-state index in [1.807, 2.05) is 0 Å². The van der Waals surface area contributed by atoms with Crippen LogP contribution in [0.2, 0.25) is 0 Å². The number of nitrogens with zero attached hydrogens (tertiary/aromatic N) is 2. The average Bonchev–Trinajstić information content (AvgIpc) is 2.30. The third-order valence-corrected chi connectivity index (χ3v) is 3.84. The third kappa shape index (κ3) is 2.26. The fourth-order valence-corrected chi connectivity index (χ4v) is 2.53. The second-order valence-electron chi connectivity index (χ2n) is 5.01. The third-order valence-electron chi connectivity index (χ3n) is 3.84. The first-order chi connectivity index (χ1) is 8.36. The SMILES string of the molecule is CC(=O)C1(c2cnc(C)nc2)CCC(F)(F)CC1. The molecule has 0 bridgehead atoms. The Kier molecular flexibility index (Phi) is 3.17. The monoisotopic (exact) mass is 254 g/mol. The van der Waals surface area contributed by atoms with Crippen molar-refractivity contribution in [1.29, 1.82) is 0 Å². The highest BCUT2D eigenvalue weighted by atomic mass is 19.3. The van der Waals surface area contributed by atoms with Crippen LogP contribution in [0.25, 0.3) is 0 Å². The Balaban J connectivity index is 2.34. The van der Waals surface area contributed by atoms with Gasteiger partial charge in [0.1, 0.15) is 11.6 Å². The quantitative estimate of drug-likeness (QED) is 0.815. The van der Waals surface area contributed by atoms with Crippen molar-refractivity contribution in [2.75, 3.05) is 0 Å². The lowest BCUT2D eigenvalue weighted by Crippen LogP contribution is -2.41. The van der Waals surface area contributed by atoms with Gasteiger partial charge in [0.15, 0.2) is 0 Å². The van der Waals surface area contributed by atoms with Crippen LogP contribution in [0.1, 0.15) is 44.0 Å². The normalized spacial score (nSPS) is 21.6. The van der Waals surface area contributed by atoms with Crippen LogP contribution < -0.4 is 0 Å². The fraction of sp³-hybridized carbons (Fsp3) is 0.615. The van der Waals surface area contributed by atoms with Crippen LogP contribution in [0.3, 0.4) is 0 Å². The molecule has 0 unspecified atom stereocenters. The molecule has 0 N–H and O–H groups in total. The Hall–Kier alpha value is -1.39. The zero-order chi connectivity index (χ0) is 13.4. The molecule has 18 heavy (non-hydrogen) atoms. The number of carbonyl (C=O) groups is 1. The molecule has 3 nitrogen and oxygen atoms in total. The summed E-state index contributed by atoms with van der Waals surface area (Å²) in [6, 6.07) is 0. The second kappa shape index (κ2) is 4.37. The van der Waals surface area contributed by atoms with Crippen molar-refractivity contribution in [2.45, 2.75) is 50.9 Å². The molecule has 0 atom stereocenters. The van der Waals surface area contributed by atoms with Gasteiger partial charge >= 0.3 is 0 Å². The highest BCUT2D eigenvalue weighted by Gasteiger charge is 2.47. The molecule has 2 rings (SSSR count). The lowest BCUT2D eigenvalue weighted by Gasteiger charge is -2.38. The highest BCUT2D eigenvalue weighted by Crippen LogP contribution is 2.45. The van der Waals surface area contributed by atoms with Gasteiger partial charge < -0.3 is 0 Å². The average molecular weight is 254 g/mol. The molecule has 0 aromatic carbocycles. The summed E-state index contributed by atoms with van der Waals surface area (Å²) in [6.45, 7) is 3.21. The number of ketones is 1. The largest absolute Gasteiger partial charge is 0.299 e. The summed E-state index contributed by atoms with van der Waals surface area (Å²) >= 11 is 0. The van der Waals surface area contributed by atoms with Crippen LogP contribution in [-0.2, 0) is 10.2 Å². The Morgan fingerprint density at radius 1 is 1.17 bits per heavy atom. The van der Waals surface area contributed by atoms with Crippen LogP contribution in [-0.4, -0.2) is 21.7 Å². The summed E-state index contributed by atoms with van der Waals surface area (Å²) in [7, 11) is 0. The molecular formula is C13H16F2N2O. The smallest absolute Gasteiger partial charge is 0.248 e. The fourth-order valence-electron chi connectivity index (χ4n) is 2.53. The molecule has 5 heteroatoms. The molecule has 0 aliphatic heterocycles. The van der Waals surface area contributed by atoms with Crippen molar-refractivity contribution < 1.29 is 13.6 Å². The van der Waals surface area contributed by atoms with Crippen LogP contribution in [0.15, 0.2) is 12.4 Å². The summed E-state index contributed by atoms with van der Waals surface area (Å²) in [5.41, 5.74) is -0.161. The van der Waals surface area contributed by atoms with Gasteiger partial charge in [0.2, 0.25) is 5.92 Å². The molecule has 1 heterocycles. The van der Waals surface area contributed by atoms with Crippen molar-refractivity contribution in [3.63, 3.8) is 0 Å². The second-order valence-corrected chi connectivity index (χ2v) is 5.01. The topological polar surface area (TPSA) is 42.9 Å². The number of hydrogen-bond acceptors (Lipinski definition) is 3. The number of halogens is 2. The van der Waals surface area contributed by atoms with Crippen LogP contribution >= 0.6 is 0 Å². The highest BCUT2D eigenvalue weighted by molar-refractivity contribution is 5.88. The Bertz CT molecular complexity index is 447. The summed E-state index contributed by atoms with van der Waals surface area (Å²) < 4.78 is 26.5. The molecule has 1 aromatic heterocycles. The number of rotatable bonds is 2. The molecular weight excluding hydrogens is 238 g/mol. The Labute approximate surface area is 105 Å². The number of aromatic nitrogens is 2. The molecule has 1 aliphatic carbocycles. The molecule has 0 spiro atoms. The van der Waals surface area contributed by atoms with E-state index in [0.29, 0.717) is 11.4 Å². The summed E-state index contributed by atoms with van der Waals surface area (Å²) in [6.07, 6.45) is 3.02. The first-order valence-corrected chi connectivity index (χ1v) is 6.04. The van der Waals surface area contributed by atoms with Gasteiger partial charge in [0.05, 0.1) is 5.41 Å². The summed E-state index contributed by atoms with van der Waals surface area (Å²) in [5, 5.41) is 0. The van der Waals surface area contributed by atoms with Gasteiger partial charge in [-0.25, -0.2) is 18.7 Å². The van der Waals surface area contributed by atoms with Gasteiger partial charge in [-0.2, -0.15) is 0 Å². The zero-order valence-corrected chi connectivity index (χ0v) is 10.5. The lowest BCUT2D eigenvalue weighted by molar-refractivity contribution is -0.127. The van der Waals surface area contributed by atoms with Crippen LogP contribution in [0.5, 0.6) is 0 Å². The van der Waals surface area contributed by atoms with Crippen molar-refractivity contribution in [1.82, 2.24) is 9.97 Å². The van der Waals surface area contributed by atoms with Crippen molar-refractivity contribution in [3.8, 4) is 0 Å². The molecule has 1 aliphatic rings. The predicted octanol–water partition coefficient (Wildman–Crippen LogP) is 2.82. The number of alkyl halides is 2. The standard InChI is InChI=1S/C13H16F2N2O/c1-9(18)12(3-5-13(14,15)6-4-12)11-7-16-10(2)17-8-11/h7-8H,3-6H2,1-2H3. The Morgan fingerprint density at radius 3 is 2.11 bits per heavy atom. The molecule has 98 valence electrons. The number of carbonyl (C=O) groups excluding carboxylic acids is 1. The molecule has 0 saturated heterocycles. The molecule has 0 amide bonds.